The van der Waals surface area contributed by atoms with Gasteiger partial charge in [-0.05, 0) is 26.0 Å². The second kappa shape index (κ2) is 6.18. The van der Waals surface area contributed by atoms with E-state index in [0.717, 1.165) is 0 Å². The third-order valence-electron chi connectivity index (χ3n) is 3.85. The van der Waals surface area contributed by atoms with Gasteiger partial charge in [0.15, 0.2) is 12.1 Å². The fourth-order valence-electron chi connectivity index (χ4n) is 2.71. The van der Waals surface area contributed by atoms with Crippen molar-refractivity contribution in [1.82, 2.24) is 0 Å². The first kappa shape index (κ1) is 16.4. The highest BCUT2D eigenvalue weighted by atomic mass is 16.8. The van der Waals surface area contributed by atoms with Crippen molar-refractivity contribution in [2.24, 2.45) is 0 Å². The summed E-state index contributed by atoms with van der Waals surface area (Å²) >= 11 is 0. The molecule has 2 aliphatic heterocycles. The van der Waals surface area contributed by atoms with Crippen molar-refractivity contribution in [1.29, 1.82) is 0 Å². The molecule has 0 bridgehead atoms. The largest absolute Gasteiger partial charge is 0.459 e. The molecule has 0 radical (unpaired) electrons. The number of benzene rings is 1. The van der Waals surface area contributed by atoms with Crippen LogP contribution in [-0.4, -0.2) is 59.3 Å². The summed E-state index contributed by atoms with van der Waals surface area (Å²) in [7, 11) is 0. The zero-order valence-electron chi connectivity index (χ0n) is 12.9. The minimum atomic E-state index is -1.24. The molecular weight excluding hydrogens is 304 g/mol. The molecule has 2 aliphatic rings. The van der Waals surface area contributed by atoms with E-state index in [1.165, 1.54) is 0 Å². The minimum absolute atomic E-state index is 0.195. The van der Waals surface area contributed by atoms with Crippen LogP contribution in [-0.2, 0) is 18.9 Å². The van der Waals surface area contributed by atoms with Crippen molar-refractivity contribution < 1.29 is 34.0 Å². The van der Waals surface area contributed by atoms with E-state index in [0.29, 0.717) is 5.56 Å². The maximum Gasteiger partial charge on any atom is 0.338 e. The van der Waals surface area contributed by atoms with Gasteiger partial charge in [0.1, 0.15) is 31.0 Å². The van der Waals surface area contributed by atoms with Crippen LogP contribution in [0.5, 0.6) is 0 Å². The van der Waals surface area contributed by atoms with Crippen molar-refractivity contribution >= 4 is 5.97 Å². The number of aliphatic hydroxyl groups is 2. The summed E-state index contributed by atoms with van der Waals surface area (Å²) in [6.45, 7) is 3.19. The normalized spacial score (nSPS) is 35.6. The van der Waals surface area contributed by atoms with Crippen LogP contribution in [0.25, 0.3) is 0 Å². The highest BCUT2D eigenvalue weighted by molar-refractivity contribution is 5.89. The van der Waals surface area contributed by atoms with E-state index in [1.54, 1.807) is 44.2 Å². The monoisotopic (exact) mass is 324 g/mol. The molecular formula is C16H20O7. The Morgan fingerprint density at radius 2 is 1.87 bits per heavy atom. The highest BCUT2D eigenvalue weighted by Gasteiger charge is 2.53. The van der Waals surface area contributed by atoms with Gasteiger partial charge in [0.05, 0.1) is 5.56 Å². The molecule has 1 aromatic rings. The van der Waals surface area contributed by atoms with Gasteiger partial charge in [0.25, 0.3) is 0 Å². The molecule has 23 heavy (non-hydrogen) atoms. The number of ether oxygens (including phenoxy) is 4. The van der Waals surface area contributed by atoms with Gasteiger partial charge in [0, 0.05) is 0 Å². The fourth-order valence-corrected chi connectivity index (χ4v) is 2.71. The van der Waals surface area contributed by atoms with Crippen LogP contribution >= 0.6 is 0 Å². The quantitative estimate of drug-likeness (QED) is 0.779. The Balaban J connectivity index is 1.61. The van der Waals surface area contributed by atoms with Gasteiger partial charge >= 0.3 is 5.97 Å². The molecule has 2 saturated heterocycles. The highest BCUT2D eigenvalue weighted by Crippen LogP contribution is 2.36. The lowest BCUT2D eigenvalue weighted by atomic mass is 9.99. The van der Waals surface area contributed by atoms with E-state index in [-0.39, 0.29) is 6.61 Å². The Labute approximate surface area is 133 Å². The summed E-state index contributed by atoms with van der Waals surface area (Å²) in [5, 5.41) is 20.3. The maximum absolute atomic E-state index is 11.9. The molecule has 7 heteroatoms. The number of carbonyl (C=O) groups excluding carboxylic acids is 1. The zero-order chi connectivity index (χ0) is 16.6. The smallest absolute Gasteiger partial charge is 0.338 e. The third kappa shape index (κ3) is 3.39. The van der Waals surface area contributed by atoms with Gasteiger partial charge in [-0.1, -0.05) is 18.2 Å². The van der Waals surface area contributed by atoms with Crippen LogP contribution in [0.2, 0.25) is 0 Å². The lowest BCUT2D eigenvalue weighted by Crippen LogP contribution is -2.57. The summed E-state index contributed by atoms with van der Waals surface area (Å²) in [5.41, 5.74) is 0.401. The Morgan fingerprint density at radius 3 is 2.57 bits per heavy atom. The minimum Gasteiger partial charge on any atom is -0.459 e. The molecule has 3 rings (SSSR count). The van der Waals surface area contributed by atoms with E-state index < -0.39 is 42.5 Å². The number of hydrogen-bond donors (Lipinski definition) is 2. The van der Waals surface area contributed by atoms with Gasteiger partial charge in [-0.25, -0.2) is 4.79 Å². The summed E-state index contributed by atoms with van der Waals surface area (Å²) in [4.78, 5) is 11.9. The van der Waals surface area contributed by atoms with Crippen molar-refractivity contribution in [3.8, 4) is 0 Å². The summed E-state index contributed by atoms with van der Waals surface area (Å²) in [5.74, 6) is -1.44. The van der Waals surface area contributed by atoms with E-state index in [4.69, 9.17) is 18.9 Å². The molecule has 0 unspecified atom stereocenters. The number of hydrogen-bond acceptors (Lipinski definition) is 7. The Morgan fingerprint density at radius 1 is 1.17 bits per heavy atom. The van der Waals surface area contributed by atoms with Crippen molar-refractivity contribution in [2.45, 2.75) is 50.3 Å². The van der Waals surface area contributed by atoms with Crippen LogP contribution in [0.4, 0.5) is 0 Å². The average molecular weight is 324 g/mol. The molecule has 0 aliphatic carbocycles. The Hall–Kier alpha value is -1.51. The van der Waals surface area contributed by atoms with Gasteiger partial charge in [0.2, 0.25) is 0 Å². The topological polar surface area (TPSA) is 94.5 Å². The SMILES string of the molecule is CC1(C)O[C@H]2O[C@H](COC(=O)c3ccccc3)[C@H](O)[C@H](O)[C@H]2O1. The molecule has 2 heterocycles. The Bertz CT molecular complexity index is 559. The van der Waals surface area contributed by atoms with Crippen LogP contribution in [0.1, 0.15) is 24.2 Å². The van der Waals surface area contributed by atoms with E-state index in [2.05, 4.69) is 0 Å². The van der Waals surface area contributed by atoms with Crippen molar-refractivity contribution in [3.63, 3.8) is 0 Å². The standard InChI is InChI=1S/C16H20O7/c1-16(2)22-13-12(18)11(17)10(21-15(13)23-16)8-20-14(19)9-6-4-3-5-7-9/h3-7,10-13,15,17-18H,8H2,1-2H3/t10-,11+,12+,13-,15-/m1/s1. The molecule has 0 saturated carbocycles. The van der Waals surface area contributed by atoms with Crippen LogP contribution < -0.4 is 0 Å². The van der Waals surface area contributed by atoms with Gasteiger partial charge in [-0.15, -0.1) is 0 Å². The van der Waals surface area contributed by atoms with Crippen LogP contribution in [0, 0.1) is 0 Å². The second-order valence-electron chi connectivity index (χ2n) is 6.09. The van der Waals surface area contributed by atoms with Gasteiger partial charge < -0.3 is 29.2 Å². The summed E-state index contributed by atoms with van der Waals surface area (Å²) in [6, 6.07) is 8.50. The molecule has 0 amide bonds. The predicted molar refractivity (Wildman–Crippen MR) is 77.4 cm³/mol. The van der Waals surface area contributed by atoms with E-state index in [9.17, 15) is 15.0 Å². The third-order valence-corrected chi connectivity index (χ3v) is 3.85. The molecule has 5 atom stereocenters. The number of aliphatic hydroxyl groups excluding tert-OH is 2. The number of carbonyl (C=O) groups is 1. The van der Waals surface area contributed by atoms with E-state index in [1.807, 2.05) is 0 Å². The lowest BCUT2D eigenvalue weighted by molar-refractivity contribution is -0.256. The van der Waals surface area contributed by atoms with Crippen molar-refractivity contribution in [2.75, 3.05) is 6.61 Å². The molecule has 7 nitrogen and oxygen atoms in total. The molecule has 126 valence electrons. The maximum atomic E-state index is 11.9. The summed E-state index contributed by atoms with van der Waals surface area (Å²) < 4.78 is 21.8. The fraction of sp³-hybridized carbons (Fsp3) is 0.562. The summed E-state index contributed by atoms with van der Waals surface area (Å²) in [6.07, 6.45) is -4.91. The molecule has 2 fully saturated rings. The first-order chi connectivity index (χ1) is 10.9. The average Bonchev–Trinajstić information content (AvgIpc) is 2.84. The number of fused-ring (bicyclic) bond motifs is 1. The van der Waals surface area contributed by atoms with E-state index >= 15 is 0 Å². The lowest BCUT2D eigenvalue weighted by Gasteiger charge is -2.37. The molecule has 0 aromatic heterocycles. The second-order valence-corrected chi connectivity index (χ2v) is 6.09. The van der Waals surface area contributed by atoms with Crippen LogP contribution in [0.15, 0.2) is 30.3 Å². The van der Waals surface area contributed by atoms with Gasteiger partial charge in [-0.2, -0.15) is 0 Å². The predicted octanol–water partition coefficient (Wildman–Crippen LogP) is 0.442. The van der Waals surface area contributed by atoms with Crippen LogP contribution in [0.3, 0.4) is 0 Å². The Kier molecular flexibility index (Phi) is 4.39. The van der Waals surface area contributed by atoms with Gasteiger partial charge in [-0.3, -0.25) is 0 Å². The first-order valence-electron chi connectivity index (χ1n) is 7.47. The molecule has 2 N–H and O–H groups in total. The number of rotatable bonds is 3. The first-order valence-corrected chi connectivity index (χ1v) is 7.47. The molecule has 1 aromatic carbocycles. The van der Waals surface area contributed by atoms with Crippen molar-refractivity contribution in [3.05, 3.63) is 35.9 Å². The molecule has 0 spiro atoms. The number of esters is 1. The zero-order valence-corrected chi connectivity index (χ0v) is 12.9.